The van der Waals surface area contributed by atoms with E-state index in [-0.39, 0.29) is 36.0 Å². The van der Waals surface area contributed by atoms with Crippen molar-refractivity contribution in [2.75, 3.05) is 36.8 Å². The van der Waals surface area contributed by atoms with E-state index in [1.54, 1.807) is 48.5 Å². The van der Waals surface area contributed by atoms with Gasteiger partial charge in [0.05, 0.1) is 9.79 Å². The second-order valence-corrected chi connectivity index (χ2v) is 14.0. The first-order chi connectivity index (χ1) is 15.0. The van der Waals surface area contributed by atoms with Crippen LogP contribution in [-0.4, -0.2) is 62.3 Å². The molecule has 174 valence electrons. The molecule has 32 heavy (non-hydrogen) atoms. The van der Waals surface area contributed by atoms with E-state index in [1.165, 1.54) is 8.61 Å². The highest BCUT2D eigenvalue weighted by atomic mass is 79.9. The van der Waals surface area contributed by atoms with Crippen LogP contribution in [0.2, 0.25) is 0 Å². The van der Waals surface area contributed by atoms with Gasteiger partial charge in [-0.05, 0) is 38.1 Å². The first-order valence-electron chi connectivity index (χ1n) is 10.3. The van der Waals surface area contributed by atoms with Crippen molar-refractivity contribution >= 4 is 51.9 Å². The Morgan fingerprint density at radius 3 is 1.19 bits per heavy atom. The lowest BCUT2D eigenvalue weighted by Gasteiger charge is -2.35. The molecule has 0 N–H and O–H groups in total. The smallest absolute Gasteiger partial charge is 0.207 e. The van der Waals surface area contributed by atoms with Crippen LogP contribution in [0.1, 0.15) is 11.1 Å². The highest BCUT2D eigenvalue weighted by Gasteiger charge is 2.65. The average molecular weight is 606 g/mol. The Hall–Kier alpha value is -0.780. The van der Waals surface area contributed by atoms with Gasteiger partial charge in [-0.3, -0.25) is 0 Å². The van der Waals surface area contributed by atoms with Crippen LogP contribution in [0, 0.1) is 24.7 Å². The third-order valence-corrected chi connectivity index (χ3v) is 12.6. The summed E-state index contributed by atoms with van der Waals surface area (Å²) < 4.78 is 56.6. The molecule has 0 spiro atoms. The summed E-state index contributed by atoms with van der Waals surface area (Å²) in [5, 5.41) is 1.01. The minimum absolute atomic E-state index is 0.264. The van der Waals surface area contributed by atoms with Crippen LogP contribution in [0.15, 0.2) is 58.3 Å². The number of benzene rings is 2. The van der Waals surface area contributed by atoms with Crippen LogP contribution in [0.5, 0.6) is 0 Å². The van der Waals surface area contributed by atoms with Gasteiger partial charge in [0.1, 0.15) is 0 Å². The zero-order chi connectivity index (χ0) is 23.4. The van der Waals surface area contributed by atoms with E-state index in [0.717, 1.165) is 11.1 Å². The lowest BCUT2D eigenvalue weighted by molar-refractivity contribution is 0.228. The molecule has 0 unspecified atom stereocenters. The number of sulfonamides is 2. The summed E-state index contributed by atoms with van der Waals surface area (Å²) in [6.45, 7) is 4.89. The largest absolute Gasteiger partial charge is 0.243 e. The first-order valence-corrected chi connectivity index (χ1v) is 15.4. The molecule has 0 bridgehead atoms. The van der Waals surface area contributed by atoms with Crippen molar-refractivity contribution in [3.05, 3.63) is 59.7 Å². The minimum atomic E-state index is -3.68. The quantitative estimate of drug-likeness (QED) is 0.470. The summed E-state index contributed by atoms with van der Waals surface area (Å²) in [5.41, 5.74) is 0.916. The third-order valence-electron chi connectivity index (χ3n) is 6.87. The molecule has 2 aromatic rings. The Bertz CT molecular complexity index is 1100. The second-order valence-electron chi connectivity index (χ2n) is 9.00. The van der Waals surface area contributed by atoms with E-state index in [0.29, 0.717) is 10.7 Å². The molecule has 0 radical (unpaired) electrons. The number of hydrogen-bond acceptors (Lipinski definition) is 4. The van der Waals surface area contributed by atoms with Gasteiger partial charge in [-0.15, -0.1) is 0 Å². The fourth-order valence-corrected chi connectivity index (χ4v) is 9.87. The molecule has 0 amide bonds. The number of alkyl halides is 2. The van der Waals surface area contributed by atoms with Crippen LogP contribution in [0.4, 0.5) is 0 Å². The summed E-state index contributed by atoms with van der Waals surface area (Å²) >= 11 is 7.21. The normalized spacial score (nSPS) is 27.0. The molecule has 2 aliphatic heterocycles. The van der Waals surface area contributed by atoms with Crippen LogP contribution < -0.4 is 0 Å². The fraction of sp³-hybridized carbons (Fsp3) is 0.455. The van der Waals surface area contributed by atoms with Gasteiger partial charge in [0.15, 0.2) is 0 Å². The summed E-state index contributed by atoms with van der Waals surface area (Å²) in [5.74, 6) is 0. The second kappa shape index (κ2) is 8.46. The van der Waals surface area contributed by atoms with Gasteiger partial charge in [-0.2, -0.15) is 8.61 Å². The van der Waals surface area contributed by atoms with E-state index in [4.69, 9.17) is 0 Å². The van der Waals surface area contributed by atoms with Crippen molar-refractivity contribution in [2.24, 2.45) is 10.8 Å². The van der Waals surface area contributed by atoms with E-state index in [1.807, 2.05) is 13.8 Å². The first kappa shape index (κ1) is 24.3. The predicted octanol–water partition coefficient (Wildman–Crippen LogP) is 3.77. The van der Waals surface area contributed by atoms with Crippen LogP contribution >= 0.6 is 31.9 Å². The topological polar surface area (TPSA) is 74.8 Å². The van der Waals surface area contributed by atoms with Gasteiger partial charge in [-0.1, -0.05) is 67.3 Å². The van der Waals surface area contributed by atoms with Crippen LogP contribution in [0.3, 0.4) is 0 Å². The molecule has 0 atom stereocenters. The summed E-state index contributed by atoms with van der Waals surface area (Å²) in [7, 11) is -7.36. The highest BCUT2D eigenvalue weighted by Crippen LogP contribution is 2.56. The lowest BCUT2D eigenvalue weighted by atomic mass is 9.71. The molecule has 2 aliphatic rings. The van der Waals surface area contributed by atoms with Crippen molar-refractivity contribution in [1.82, 2.24) is 8.61 Å². The zero-order valence-corrected chi connectivity index (χ0v) is 22.8. The van der Waals surface area contributed by atoms with Crippen LogP contribution in [-0.2, 0) is 20.0 Å². The zero-order valence-electron chi connectivity index (χ0n) is 18.0. The van der Waals surface area contributed by atoms with E-state index in [9.17, 15) is 16.8 Å². The van der Waals surface area contributed by atoms with E-state index in [2.05, 4.69) is 31.9 Å². The lowest BCUT2D eigenvalue weighted by Crippen LogP contribution is -2.42. The molecule has 2 heterocycles. The van der Waals surface area contributed by atoms with Gasteiger partial charge in [-0.25, -0.2) is 16.8 Å². The maximum atomic E-state index is 13.4. The van der Waals surface area contributed by atoms with E-state index >= 15 is 0 Å². The molecule has 10 heteroatoms. The van der Waals surface area contributed by atoms with Gasteiger partial charge >= 0.3 is 0 Å². The maximum absolute atomic E-state index is 13.4. The SMILES string of the molecule is Cc1ccc(S(=O)(=O)N2C[C@]3(CBr)CN(S(=O)(=O)c4ccc(C)cc4)C[C@]3(CBr)C2)cc1. The van der Waals surface area contributed by atoms with Crippen molar-refractivity contribution in [1.29, 1.82) is 0 Å². The summed E-state index contributed by atoms with van der Waals surface area (Å²) in [6.07, 6.45) is 0. The molecule has 0 aliphatic carbocycles. The Morgan fingerprint density at radius 1 is 0.656 bits per heavy atom. The van der Waals surface area contributed by atoms with Crippen molar-refractivity contribution in [3.63, 3.8) is 0 Å². The van der Waals surface area contributed by atoms with Crippen molar-refractivity contribution in [2.45, 2.75) is 23.6 Å². The summed E-state index contributed by atoms with van der Waals surface area (Å²) in [4.78, 5) is 0.531. The molecule has 2 fully saturated rings. The molecule has 6 nitrogen and oxygen atoms in total. The number of aryl methyl sites for hydroxylation is 2. The Kier molecular flexibility index (Phi) is 6.44. The molecule has 2 saturated heterocycles. The third kappa shape index (κ3) is 3.80. The van der Waals surface area contributed by atoms with Gasteiger partial charge in [0.25, 0.3) is 0 Å². The minimum Gasteiger partial charge on any atom is -0.207 e. The Labute approximate surface area is 207 Å². The number of rotatable bonds is 6. The van der Waals surface area contributed by atoms with Crippen molar-refractivity contribution < 1.29 is 16.8 Å². The van der Waals surface area contributed by atoms with Gasteiger partial charge < -0.3 is 0 Å². The fourth-order valence-electron chi connectivity index (χ4n) is 4.74. The molecular weight excluding hydrogens is 580 g/mol. The highest BCUT2D eigenvalue weighted by molar-refractivity contribution is 9.09. The van der Waals surface area contributed by atoms with Crippen LogP contribution in [0.25, 0.3) is 0 Å². The monoisotopic (exact) mass is 604 g/mol. The standard InChI is InChI=1S/C22H26Br2N2O4S2/c1-17-3-7-19(8-4-17)31(27,28)25-13-21(11-23)15-26(16-22(21,12-24)14-25)32(29,30)20-9-5-18(2)6-10-20/h3-10H,11-16H2,1-2H3/t21-,22+. The number of fused-ring (bicyclic) bond motifs is 1. The number of halogens is 2. The number of nitrogens with zero attached hydrogens (tertiary/aromatic N) is 2. The van der Waals surface area contributed by atoms with Gasteiger partial charge in [0, 0.05) is 47.7 Å². The van der Waals surface area contributed by atoms with E-state index < -0.39 is 30.9 Å². The molecular formula is C22H26Br2N2O4S2. The summed E-state index contributed by atoms with van der Waals surface area (Å²) in [6, 6.07) is 13.7. The molecule has 0 saturated carbocycles. The molecule has 2 aromatic carbocycles. The molecule has 4 rings (SSSR count). The maximum Gasteiger partial charge on any atom is 0.243 e. The van der Waals surface area contributed by atoms with Crippen molar-refractivity contribution in [3.8, 4) is 0 Å². The Morgan fingerprint density at radius 2 is 0.938 bits per heavy atom. The Balaban J connectivity index is 1.67. The van der Waals surface area contributed by atoms with Gasteiger partial charge in [0.2, 0.25) is 20.0 Å². The number of hydrogen-bond donors (Lipinski definition) is 0. The predicted molar refractivity (Wildman–Crippen MR) is 132 cm³/mol. The average Bonchev–Trinajstić information content (AvgIpc) is 3.25. The molecule has 0 aromatic heterocycles.